The first-order valence-electron chi connectivity index (χ1n) is 11.1. The Morgan fingerprint density at radius 3 is 2.03 bits per heavy atom. The molecule has 162 valence electrons. The van der Waals surface area contributed by atoms with Crippen molar-refractivity contribution in [3.05, 3.63) is 114 Å². The molecule has 2 heterocycles. The highest BCUT2D eigenvalue weighted by molar-refractivity contribution is 5.96. The summed E-state index contributed by atoms with van der Waals surface area (Å²) in [5.74, 6) is 0. The van der Waals surface area contributed by atoms with E-state index < -0.39 is 0 Å². The lowest BCUT2D eigenvalue weighted by Crippen LogP contribution is -1.97. The van der Waals surface area contributed by atoms with E-state index in [9.17, 15) is 10.5 Å². The van der Waals surface area contributed by atoms with Crippen molar-refractivity contribution in [2.75, 3.05) is 0 Å². The average molecular weight is 448 g/mol. The lowest BCUT2D eigenvalue weighted by molar-refractivity contribution is 0.960. The van der Waals surface area contributed by atoms with Gasteiger partial charge in [0.1, 0.15) is 0 Å². The summed E-state index contributed by atoms with van der Waals surface area (Å²) in [6.07, 6.45) is 2.00. The molecule has 0 saturated carbocycles. The van der Waals surface area contributed by atoms with Crippen molar-refractivity contribution >= 4 is 16.6 Å². The van der Waals surface area contributed by atoms with Crippen LogP contribution in [0.15, 0.2) is 103 Å². The summed E-state index contributed by atoms with van der Waals surface area (Å²) >= 11 is 0. The second-order valence-electron chi connectivity index (χ2n) is 8.25. The van der Waals surface area contributed by atoms with Crippen LogP contribution in [-0.4, -0.2) is 14.6 Å². The number of rotatable bonds is 3. The molecule has 0 unspecified atom stereocenters. The van der Waals surface area contributed by atoms with Gasteiger partial charge in [-0.3, -0.25) is 0 Å². The van der Waals surface area contributed by atoms with E-state index in [1.807, 2.05) is 95.6 Å². The van der Waals surface area contributed by atoms with Gasteiger partial charge in [0.15, 0.2) is 5.65 Å². The fourth-order valence-electron chi connectivity index (χ4n) is 4.37. The predicted molar refractivity (Wildman–Crippen MR) is 136 cm³/mol. The Labute approximate surface area is 201 Å². The second kappa shape index (κ2) is 8.26. The first-order chi connectivity index (χ1) is 17.2. The van der Waals surface area contributed by atoms with Gasteiger partial charge < -0.3 is 0 Å². The summed E-state index contributed by atoms with van der Waals surface area (Å²) in [5.41, 5.74) is 8.36. The Morgan fingerprint density at radius 1 is 0.629 bits per heavy atom. The summed E-state index contributed by atoms with van der Waals surface area (Å²) in [6.45, 7) is 0. The Morgan fingerprint density at radius 2 is 1.29 bits per heavy atom. The normalized spacial score (nSPS) is 10.8. The molecule has 0 spiro atoms. The van der Waals surface area contributed by atoms with Gasteiger partial charge in [-0.05, 0) is 53.1 Å². The molecule has 0 aliphatic heterocycles. The minimum absolute atomic E-state index is 0.589. The van der Waals surface area contributed by atoms with E-state index >= 15 is 0 Å². The third kappa shape index (κ3) is 3.58. The standard InChI is InChI=1S/C30H17N5/c31-17-20-6-4-10-23(14-20)24-12-13-26-28(16-24)34-35-19-27(22-8-2-1-3-9-22)29(33-30(26)35)25-11-5-7-21(15-25)18-32/h1-16,19H. The largest absolute Gasteiger partial charge is 0.227 e. The topological polar surface area (TPSA) is 77.8 Å². The van der Waals surface area contributed by atoms with Crippen LogP contribution in [0.4, 0.5) is 0 Å². The monoisotopic (exact) mass is 447 g/mol. The number of nitrogens with zero attached hydrogens (tertiary/aromatic N) is 5. The molecule has 35 heavy (non-hydrogen) atoms. The Hall–Kier alpha value is -5.26. The number of benzene rings is 4. The highest BCUT2D eigenvalue weighted by Gasteiger charge is 2.16. The van der Waals surface area contributed by atoms with Gasteiger partial charge in [0, 0.05) is 22.7 Å². The first kappa shape index (κ1) is 20.4. The minimum atomic E-state index is 0.589. The third-order valence-electron chi connectivity index (χ3n) is 6.07. The van der Waals surface area contributed by atoms with Gasteiger partial charge >= 0.3 is 0 Å². The zero-order valence-electron chi connectivity index (χ0n) is 18.6. The fraction of sp³-hybridized carbons (Fsp3) is 0. The van der Waals surface area contributed by atoms with E-state index in [4.69, 9.17) is 10.1 Å². The molecule has 2 aromatic heterocycles. The molecular weight excluding hydrogens is 430 g/mol. The summed E-state index contributed by atoms with van der Waals surface area (Å²) in [7, 11) is 0. The van der Waals surface area contributed by atoms with E-state index in [1.165, 1.54) is 0 Å². The van der Waals surface area contributed by atoms with Crippen molar-refractivity contribution in [1.82, 2.24) is 14.6 Å². The number of fused-ring (bicyclic) bond motifs is 3. The zero-order valence-corrected chi connectivity index (χ0v) is 18.6. The molecule has 0 saturated heterocycles. The van der Waals surface area contributed by atoms with E-state index in [0.29, 0.717) is 11.1 Å². The van der Waals surface area contributed by atoms with Crippen molar-refractivity contribution in [2.45, 2.75) is 0 Å². The smallest absolute Gasteiger partial charge is 0.163 e. The maximum absolute atomic E-state index is 9.43. The van der Waals surface area contributed by atoms with Crippen LogP contribution in [0.1, 0.15) is 11.1 Å². The summed E-state index contributed by atoms with van der Waals surface area (Å²) in [6, 6.07) is 35.6. The van der Waals surface area contributed by atoms with Gasteiger partial charge in [-0.25, -0.2) is 9.50 Å². The molecule has 0 fully saturated rings. The number of hydrogen-bond donors (Lipinski definition) is 0. The van der Waals surface area contributed by atoms with Crippen LogP contribution in [0.2, 0.25) is 0 Å². The molecule has 5 nitrogen and oxygen atoms in total. The molecule has 6 aromatic rings. The van der Waals surface area contributed by atoms with Crippen molar-refractivity contribution in [2.24, 2.45) is 0 Å². The Balaban J connectivity index is 1.59. The van der Waals surface area contributed by atoms with Gasteiger partial charge in [-0.15, -0.1) is 0 Å². The number of hydrogen-bond acceptors (Lipinski definition) is 4. The van der Waals surface area contributed by atoms with Gasteiger partial charge in [-0.2, -0.15) is 15.6 Å². The van der Waals surface area contributed by atoms with Gasteiger partial charge in [0.25, 0.3) is 0 Å². The Bertz CT molecular complexity index is 1820. The van der Waals surface area contributed by atoms with Crippen LogP contribution in [0.3, 0.4) is 0 Å². The number of aromatic nitrogens is 3. The van der Waals surface area contributed by atoms with Crippen LogP contribution >= 0.6 is 0 Å². The molecule has 0 amide bonds. The molecule has 0 bridgehead atoms. The van der Waals surface area contributed by atoms with Gasteiger partial charge in [0.2, 0.25) is 0 Å². The summed E-state index contributed by atoms with van der Waals surface area (Å²) in [5, 5.41) is 24.5. The summed E-state index contributed by atoms with van der Waals surface area (Å²) < 4.78 is 1.82. The molecule has 0 aliphatic carbocycles. The van der Waals surface area contributed by atoms with E-state index in [-0.39, 0.29) is 0 Å². The molecule has 0 atom stereocenters. The van der Waals surface area contributed by atoms with Crippen LogP contribution in [-0.2, 0) is 0 Å². The molecule has 0 aliphatic rings. The van der Waals surface area contributed by atoms with E-state index in [2.05, 4.69) is 12.1 Å². The third-order valence-corrected chi connectivity index (χ3v) is 6.07. The highest BCUT2D eigenvalue weighted by Crippen LogP contribution is 2.34. The van der Waals surface area contributed by atoms with E-state index in [0.717, 1.165) is 50.1 Å². The van der Waals surface area contributed by atoms with Crippen molar-refractivity contribution in [3.63, 3.8) is 0 Å². The molecule has 0 N–H and O–H groups in total. The second-order valence-corrected chi connectivity index (χ2v) is 8.25. The van der Waals surface area contributed by atoms with Crippen LogP contribution < -0.4 is 0 Å². The lowest BCUT2D eigenvalue weighted by atomic mass is 9.99. The van der Waals surface area contributed by atoms with Crippen molar-refractivity contribution < 1.29 is 0 Å². The predicted octanol–water partition coefficient (Wildman–Crippen LogP) is 6.63. The van der Waals surface area contributed by atoms with Crippen molar-refractivity contribution in [3.8, 4) is 45.6 Å². The van der Waals surface area contributed by atoms with Crippen LogP contribution in [0, 0.1) is 22.7 Å². The van der Waals surface area contributed by atoms with Gasteiger partial charge in [0.05, 0.1) is 34.5 Å². The van der Waals surface area contributed by atoms with E-state index in [1.54, 1.807) is 12.1 Å². The fourth-order valence-corrected chi connectivity index (χ4v) is 4.37. The average Bonchev–Trinajstić information content (AvgIpc) is 3.29. The van der Waals surface area contributed by atoms with Gasteiger partial charge in [-0.1, -0.05) is 60.7 Å². The number of nitriles is 2. The molecular formula is C30H17N5. The summed E-state index contributed by atoms with van der Waals surface area (Å²) in [4.78, 5) is 5.06. The first-order valence-corrected chi connectivity index (χ1v) is 11.1. The SMILES string of the molecule is N#Cc1cccc(-c2ccc3c(c2)nn2cc(-c4ccccc4)c(-c4cccc(C#N)c4)nc32)c1. The quantitative estimate of drug-likeness (QED) is 0.305. The highest BCUT2D eigenvalue weighted by atomic mass is 15.2. The molecule has 0 radical (unpaired) electrons. The Kier molecular flexibility index (Phi) is 4.80. The maximum Gasteiger partial charge on any atom is 0.163 e. The maximum atomic E-state index is 9.43. The van der Waals surface area contributed by atoms with Crippen LogP contribution in [0.5, 0.6) is 0 Å². The molecule has 5 heteroatoms. The van der Waals surface area contributed by atoms with Crippen LogP contribution in [0.25, 0.3) is 50.1 Å². The molecule has 6 rings (SSSR count). The molecule has 4 aromatic carbocycles. The minimum Gasteiger partial charge on any atom is -0.227 e. The van der Waals surface area contributed by atoms with Crippen molar-refractivity contribution in [1.29, 1.82) is 10.5 Å². The zero-order chi connectivity index (χ0) is 23.8. The lowest BCUT2D eigenvalue weighted by Gasteiger charge is -2.10.